The number of carbonyl (C=O) groups is 1. The molecule has 0 saturated carbocycles. The van der Waals surface area contributed by atoms with E-state index in [0.29, 0.717) is 5.56 Å². The van der Waals surface area contributed by atoms with E-state index in [1.807, 2.05) is 0 Å². The molecule has 0 radical (unpaired) electrons. The molecule has 0 bridgehead atoms. The van der Waals surface area contributed by atoms with E-state index in [4.69, 9.17) is 4.74 Å². The number of hydrogen-bond donors (Lipinski definition) is 1. The summed E-state index contributed by atoms with van der Waals surface area (Å²) >= 11 is 0. The zero-order valence-corrected chi connectivity index (χ0v) is 16.3. The first kappa shape index (κ1) is 20.3. The summed E-state index contributed by atoms with van der Waals surface area (Å²) in [5.41, 5.74) is -0.102. The second-order valence-corrected chi connectivity index (χ2v) is 7.35. The summed E-state index contributed by atoms with van der Waals surface area (Å²) in [5, 5.41) is 9.42. The van der Waals surface area contributed by atoms with Crippen LogP contribution in [0.2, 0.25) is 0 Å². The topological polar surface area (TPSA) is 120 Å². The number of aromatic nitrogens is 1. The average molecular weight is 352 g/mol. The third kappa shape index (κ3) is 5.13. The minimum Gasteiger partial charge on any atom is -0.743 e. The van der Waals surface area contributed by atoms with Crippen LogP contribution in [0.25, 0.3) is 0 Å². The Labute approximate surface area is 156 Å². The van der Waals surface area contributed by atoms with Crippen LogP contribution >= 0.6 is 0 Å². The first-order valence-corrected chi connectivity index (χ1v) is 8.00. The molecule has 0 aliphatic carbocycles. The van der Waals surface area contributed by atoms with Crippen molar-refractivity contribution in [2.24, 2.45) is 0 Å². The van der Waals surface area contributed by atoms with E-state index < -0.39 is 32.9 Å². The van der Waals surface area contributed by atoms with Crippen LogP contribution in [-0.2, 0) is 21.4 Å². The number of aliphatic hydroxyl groups excluding tert-OH is 1. The Bertz CT molecular complexity index is 701. The van der Waals surface area contributed by atoms with E-state index in [1.165, 1.54) is 11.0 Å². The molecule has 0 aromatic carbocycles. The molecule has 122 valence electrons. The molecule has 8 nitrogen and oxygen atoms in total. The summed E-state index contributed by atoms with van der Waals surface area (Å²) in [6.45, 7) is 5.22. The zero-order valence-electron chi connectivity index (χ0n) is 13.4. The molecule has 2 heterocycles. The van der Waals surface area contributed by atoms with Gasteiger partial charge in [-0.1, -0.05) is 6.07 Å². The summed E-state index contributed by atoms with van der Waals surface area (Å²) in [6.07, 6.45) is -1.77. The van der Waals surface area contributed by atoms with E-state index in [1.54, 1.807) is 20.8 Å². The number of ether oxygens (including phenoxy) is 1. The molecule has 0 spiro atoms. The number of rotatable bonds is 1. The second kappa shape index (κ2) is 7.04. The van der Waals surface area contributed by atoms with Crippen molar-refractivity contribution in [1.29, 1.82) is 0 Å². The first-order chi connectivity index (χ1) is 9.97. The van der Waals surface area contributed by atoms with Gasteiger partial charge in [-0.25, -0.2) is 18.2 Å². The van der Waals surface area contributed by atoms with Crippen molar-refractivity contribution in [3.8, 4) is 0 Å². The molecule has 1 unspecified atom stereocenters. The van der Waals surface area contributed by atoms with Gasteiger partial charge in [0.2, 0.25) is 0 Å². The number of aliphatic hydroxyl groups is 1. The van der Waals surface area contributed by atoms with Gasteiger partial charge in [-0.15, -0.1) is 0 Å². The first-order valence-electron chi connectivity index (χ1n) is 6.59. The Morgan fingerprint density at radius 3 is 2.57 bits per heavy atom. The summed E-state index contributed by atoms with van der Waals surface area (Å²) in [4.78, 5) is 17.0. The summed E-state index contributed by atoms with van der Waals surface area (Å²) in [7, 11) is -4.69. The summed E-state index contributed by atoms with van der Waals surface area (Å²) in [5.74, 6) is 0. The third-order valence-corrected chi connectivity index (χ3v) is 3.70. The van der Waals surface area contributed by atoms with E-state index >= 15 is 0 Å². The molecule has 10 heteroatoms. The SMILES string of the molecule is CC(C)(C)OC(=O)N1Cc2ccc(S(=O)(=O)[O-])nc2C(O)C1.[Na+]. The number of nitrogens with zero attached hydrogens (tertiary/aromatic N) is 2. The molecule has 1 atom stereocenters. The Morgan fingerprint density at radius 1 is 1.43 bits per heavy atom. The number of amides is 1. The fourth-order valence-corrected chi connectivity index (χ4v) is 2.52. The number of carbonyl (C=O) groups excluding carboxylic acids is 1. The van der Waals surface area contributed by atoms with Gasteiger partial charge in [0, 0.05) is 0 Å². The number of β-amino-alcohol motifs (C(OH)–C–C–N with tert-alkyl or cyclic N) is 1. The third-order valence-electron chi connectivity index (χ3n) is 2.96. The number of pyridine rings is 1. The molecule has 1 aromatic rings. The van der Waals surface area contributed by atoms with Crippen molar-refractivity contribution in [1.82, 2.24) is 9.88 Å². The zero-order chi connectivity index (χ0) is 16.7. The normalized spacial score (nSPS) is 18.0. The van der Waals surface area contributed by atoms with Crippen LogP contribution in [0.1, 0.15) is 38.1 Å². The van der Waals surface area contributed by atoms with Crippen molar-refractivity contribution >= 4 is 16.2 Å². The van der Waals surface area contributed by atoms with Crippen molar-refractivity contribution in [3.05, 3.63) is 23.4 Å². The molecule has 2 rings (SSSR count). The van der Waals surface area contributed by atoms with E-state index in [9.17, 15) is 22.9 Å². The van der Waals surface area contributed by atoms with Crippen molar-refractivity contribution < 1.29 is 57.2 Å². The molecule has 0 fully saturated rings. The van der Waals surface area contributed by atoms with Gasteiger partial charge >= 0.3 is 35.7 Å². The number of hydrogen-bond acceptors (Lipinski definition) is 7. The molecule has 0 saturated heterocycles. The molecule has 1 aliphatic rings. The van der Waals surface area contributed by atoms with Crippen LogP contribution in [0, 0.1) is 0 Å². The van der Waals surface area contributed by atoms with Crippen molar-refractivity contribution in [3.63, 3.8) is 0 Å². The van der Waals surface area contributed by atoms with Gasteiger partial charge in [0.05, 0.1) is 18.8 Å². The van der Waals surface area contributed by atoms with Crippen LogP contribution in [0.15, 0.2) is 17.2 Å². The largest absolute Gasteiger partial charge is 1.00 e. The molecule has 1 aliphatic heterocycles. The Hall–Kier alpha value is -0.710. The van der Waals surface area contributed by atoms with Crippen molar-refractivity contribution in [2.45, 2.75) is 44.0 Å². The minimum atomic E-state index is -4.69. The molecule has 1 N–H and O–H groups in total. The van der Waals surface area contributed by atoms with E-state index in [2.05, 4.69) is 4.98 Å². The monoisotopic (exact) mass is 352 g/mol. The van der Waals surface area contributed by atoms with Gasteiger partial charge < -0.3 is 19.3 Å². The average Bonchev–Trinajstić information content (AvgIpc) is 2.35. The fraction of sp³-hybridized carbons (Fsp3) is 0.538. The van der Waals surface area contributed by atoms with E-state index in [-0.39, 0.29) is 48.3 Å². The maximum atomic E-state index is 12.0. The summed E-state index contributed by atoms with van der Waals surface area (Å²) < 4.78 is 38.1. The van der Waals surface area contributed by atoms with Gasteiger partial charge in [-0.05, 0) is 32.4 Å². The maximum Gasteiger partial charge on any atom is 1.00 e. The predicted molar refractivity (Wildman–Crippen MR) is 73.8 cm³/mol. The van der Waals surface area contributed by atoms with E-state index in [0.717, 1.165) is 6.07 Å². The van der Waals surface area contributed by atoms with Crippen molar-refractivity contribution in [2.75, 3.05) is 6.54 Å². The van der Waals surface area contributed by atoms with Crippen LogP contribution in [0.4, 0.5) is 4.79 Å². The Kier molecular flexibility index (Phi) is 6.22. The molecule has 23 heavy (non-hydrogen) atoms. The smallest absolute Gasteiger partial charge is 0.743 e. The Morgan fingerprint density at radius 2 is 2.04 bits per heavy atom. The second-order valence-electron chi connectivity index (χ2n) is 6.02. The standard InChI is InChI=1S/C13H18N2O6S.Na/c1-13(2,3)21-12(17)15-6-8-4-5-10(22(18,19)20)14-11(8)9(16)7-15;/h4-5,9,16H,6-7H2,1-3H3,(H,18,19,20);/q;+1/p-1. The quantitative estimate of drug-likeness (QED) is 0.449. The van der Waals surface area contributed by atoms with Gasteiger partial charge in [0.15, 0.2) is 0 Å². The van der Waals surface area contributed by atoms with Crippen LogP contribution < -0.4 is 29.6 Å². The number of fused-ring (bicyclic) bond motifs is 1. The van der Waals surface area contributed by atoms with Gasteiger partial charge in [0.25, 0.3) is 0 Å². The van der Waals surface area contributed by atoms with Crippen LogP contribution in [0.5, 0.6) is 0 Å². The van der Waals surface area contributed by atoms with Gasteiger partial charge in [-0.3, -0.25) is 0 Å². The molecule has 1 aromatic heterocycles. The molecule has 1 amide bonds. The Balaban J connectivity index is 0.00000264. The van der Waals surface area contributed by atoms with Gasteiger partial charge in [0.1, 0.15) is 26.8 Å². The fourth-order valence-electron chi connectivity index (χ4n) is 2.08. The maximum absolute atomic E-state index is 12.0. The predicted octanol–water partition coefficient (Wildman–Crippen LogP) is -2.23. The minimum absolute atomic E-state index is 0. The van der Waals surface area contributed by atoms with Crippen LogP contribution in [-0.4, -0.2) is 46.2 Å². The molecular weight excluding hydrogens is 335 g/mol. The van der Waals surface area contributed by atoms with Gasteiger partial charge in [-0.2, -0.15) is 0 Å². The molecular formula is C13H17N2NaO6S. The summed E-state index contributed by atoms with van der Waals surface area (Å²) in [6, 6.07) is 2.43. The van der Waals surface area contributed by atoms with Crippen LogP contribution in [0.3, 0.4) is 0 Å².